The fourth-order valence-electron chi connectivity index (χ4n) is 2.37. The van der Waals surface area contributed by atoms with Gasteiger partial charge in [-0.15, -0.1) is 0 Å². The number of hydrogen-bond acceptors (Lipinski definition) is 3. The van der Waals surface area contributed by atoms with Crippen LogP contribution in [-0.2, 0) is 4.79 Å². The van der Waals surface area contributed by atoms with Crippen molar-refractivity contribution in [3.63, 3.8) is 0 Å². The van der Waals surface area contributed by atoms with E-state index in [9.17, 15) is 9.59 Å². The van der Waals surface area contributed by atoms with Crippen LogP contribution in [0.4, 0.5) is 10.5 Å². The van der Waals surface area contributed by atoms with E-state index in [1.807, 2.05) is 26.1 Å². The Balaban J connectivity index is 1.97. The molecule has 3 amide bonds. The van der Waals surface area contributed by atoms with Gasteiger partial charge in [0.15, 0.2) is 0 Å². The van der Waals surface area contributed by atoms with Gasteiger partial charge in [-0.1, -0.05) is 12.1 Å². The summed E-state index contributed by atoms with van der Waals surface area (Å²) in [5.41, 5.74) is 6.77. The zero-order valence-corrected chi connectivity index (χ0v) is 11.7. The maximum atomic E-state index is 11.8. The van der Waals surface area contributed by atoms with Crippen LogP contribution in [0, 0.1) is 0 Å². The number of carbonyl (C=O) groups excluding carboxylic acids is 2. The molecule has 0 aliphatic carbocycles. The molecule has 1 aromatic rings. The van der Waals surface area contributed by atoms with Crippen LogP contribution in [-0.4, -0.2) is 36.5 Å². The molecular weight excluding hydrogens is 256 g/mol. The summed E-state index contributed by atoms with van der Waals surface area (Å²) in [4.78, 5) is 24.3. The highest BCUT2D eigenvalue weighted by atomic mass is 16.2. The van der Waals surface area contributed by atoms with E-state index >= 15 is 0 Å². The highest BCUT2D eigenvalue weighted by molar-refractivity contribution is 5.87. The van der Waals surface area contributed by atoms with Crippen molar-refractivity contribution < 1.29 is 9.59 Å². The lowest BCUT2D eigenvalue weighted by atomic mass is 10.1. The standard InChI is InChI=1S/C14H20N4O2/c1-9(16-12-7-8-18(2)13(12)19)10-3-5-11(6-4-10)17-14(15)20/h3-6,9,12,16H,7-8H2,1-2H3,(H3,15,17,20). The quantitative estimate of drug-likeness (QED) is 0.768. The average Bonchev–Trinajstić information content (AvgIpc) is 2.71. The van der Waals surface area contributed by atoms with Crippen LogP contribution < -0.4 is 16.4 Å². The maximum absolute atomic E-state index is 11.8. The fraction of sp³-hybridized carbons (Fsp3) is 0.429. The van der Waals surface area contributed by atoms with E-state index in [1.165, 1.54) is 0 Å². The summed E-state index contributed by atoms with van der Waals surface area (Å²) in [6.45, 7) is 2.81. The molecule has 108 valence electrons. The Bertz CT molecular complexity index is 500. The lowest BCUT2D eigenvalue weighted by Gasteiger charge is -2.19. The summed E-state index contributed by atoms with van der Waals surface area (Å²) in [6, 6.07) is 6.78. The van der Waals surface area contributed by atoms with E-state index in [1.54, 1.807) is 17.0 Å². The van der Waals surface area contributed by atoms with Crippen molar-refractivity contribution in [2.24, 2.45) is 5.73 Å². The van der Waals surface area contributed by atoms with Crippen LogP contribution in [0.15, 0.2) is 24.3 Å². The number of primary amides is 1. The Morgan fingerprint density at radius 3 is 2.55 bits per heavy atom. The first-order chi connectivity index (χ1) is 9.47. The van der Waals surface area contributed by atoms with Crippen molar-refractivity contribution in [2.45, 2.75) is 25.4 Å². The number of nitrogens with zero attached hydrogens (tertiary/aromatic N) is 1. The largest absolute Gasteiger partial charge is 0.351 e. The number of nitrogens with one attached hydrogen (secondary N) is 2. The molecule has 6 nitrogen and oxygen atoms in total. The van der Waals surface area contributed by atoms with Crippen molar-refractivity contribution in [1.29, 1.82) is 0 Å². The van der Waals surface area contributed by atoms with Gasteiger partial charge >= 0.3 is 6.03 Å². The van der Waals surface area contributed by atoms with Gasteiger partial charge in [-0.25, -0.2) is 4.79 Å². The first kappa shape index (κ1) is 14.3. The number of carbonyl (C=O) groups is 2. The molecule has 1 aromatic carbocycles. The molecule has 6 heteroatoms. The van der Waals surface area contributed by atoms with Gasteiger partial charge in [0.05, 0.1) is 6.04 Å². The van der Waals surface area contributed by atoms with Crippen molar-refractivity contribution in [2.75, 3.05) is 18.9 Å². The number of rotatable bonds is 4. The predicted octanol–water partition coefficient (Wildman–Crippen LogP) is 1.06. The van der Waals surface area contributed by atoms with Gasteiger partial charge in [-0.3, -0.25) is 10.1 Å². The van der Waals surface area contributed by atoms with Crippen molar-refractivity contribution in [3.05, 3.63) is 29.8 Å². The number of urea groups is 1. The van der Waals surface area contributed by atoms with E-state index < -0.39 is 6.03 Å². The number of amides is 3. The zero-order valence-electron chi connectivity index (χ0n) is 11.7. The molecule has 2 rings (SSSR count). The minimum Gasteiger partial charge on any atom is -0.351 e. The van der Waals surface area contributed by atoms with Crippen molar-refractivity contribution in [1.82, 2.24) is 10.2 Å². The summed E-state index contributed by atoms with van der Waals surface area (Å²) in [5, 5.41) is 5.85. The molecule has 0 spiro atoms. The molecule has 1 heterocycles. The first-order valence-corrected chi connectivity index (χ1v) is 6.65. The van der Waals surface area contributed by atoms with E-state index in [0.717, 1.165) is 18.5 Å². The average molecular weight is 276 g/mol. The summed E-state index contributed by atoms with van der Waals surface area (Å²) < 4.78 is 0. The summed E-state index contributed by atoms with van der Waals surface area (Å²) >= 11 is 0. The molecule has 0 radical (unpaired) electrons. The molecule has 1 saturated heterocycles. The van der Waals surface area contributed by atoms with Gasteiger partial charge in [0.1, 0.15) is 0 Å². The van der Waals surface area contributed by atoms with Crippen LogP contribution in [0.3, 0.4) is 0 Å². The van der Waals surface area contributed by atoms with E-state index in [4.69, 9.17) is 5.73 Å². The molecule has 0 bridgehead atoms. The molecule has 4 N–H and O–H groups in total. The smallest absolute Gasteiger partial charge is 0.316 e. The van der Waals surface area contributed by atoms with Crippen LogP contribution in [0.25, 0.3) is 0 Å². The lowest BCUT2D eigenvalue weighted by Crippen LogP contribution is -2.38. The molecule has 2 unspecified atom stereocenters. The summed E-state index contributed by atoms with van der Waals surface area (Å²) in [5.74, 6) is 0.142. The third-order valence-electron chi connectivity index (χ3n) is 3.56. The molecule has 1 aliphatic rings. The van der Waals surface area contributed by atoms with Gasteiger partial charge in [-0.2, -0.15) is 0 Å². The second-order valence-corrected chi connectivity index (χ2v) is 5.10. The number of likely N-dealkylation sites (N-methyl/N-ethyl adjacent to an activating group) is 1. The Morgan fingerprint density at radius 1 is 1.40 bits per heavy atom. The number of anilines is 1. The highest BCUT2D eigenvalue weighted by Gasteiger charge is 2.29. The van der Waals surface area contributed by atoms with Gasteiger partial charge in [-0.05, 0) is 31.0 Å². The molecule has 20 heavy (non-hydrogen) atoms. The van der Waals surface area contributed by atoms with Gasteiger partial charge in [0.25, 0.3) is 0 Å². The Kier molecular flexibility index (Phi) is 4.24. The zero-order chi connectivity index (χ0) is 14.7. The SMILES string of the molecule is CC(NC1CCN(C)C1=O)c1ccc(NC(N)=O)cc1. The second kappa shape index (κ2) is 5.92. The molecule has 1 fully saturated rings. The van der Waals surface area contributed by atoms with E-state index in [-0.39, 0.29) is 18.0 Å². The van der Waals surface area contributed by atoms with Crippen LogP contribution in [0.2, 0.25) is 0 Å². The normalized spacial score (nSPS) is 20.0. The molecule has 1 aliphatic heterocycles. The van der Waals surface area contributed by atoms with E-state index in [2.05, 4.69) is 10.6 Å². The number of hydrogen-bond donors (Lipinski definition) is 3. The third-order valence-corrected chi connectivity index (χ3v) is 3.56. The van der Waals surface area contributed by atoms with Crippen molar-refractivity contribution >= 4 is 17.6 Å². The van der Waals surface area contributed by atoms with Crippen LogP contribution >= 0.6 is 0 Å². The van der Waals surface area contributed by atoms with Crippen LogP contribution in [0.1, 0.15) is 24.9 Å². The van der Waals surface area contributed by atoms with Crippen LogP contribution in [0.5, 0.6) is 0 Å². The third kappa shape index (κ3) is 3.27. The minimum absolute atomic E-state index is 0.0677. The molecule has 0 aromatic heterocycles. The highest BCUT2D eigenvalue weighted by Crippen LogP contribution is 2.19. The lowest BCUT2D eigenvalue weighted by molar-refractivity contribution is -0.128. The number of likely N-dealkylation sites (tertiary alicyclic amines) is 1. The fourth-order valence-corrected chi connectivity index (χ4v) is 2.37. The topological polar surface area (TPSA) is 87.5 Å². The predicted molar refractivity (Wildman–Crippen MR) is 77.2 cm³/mol. The minimum atomic E-state index is -0.580. The Morgan fingerprint density at radius 2 is 2.05 bits per heavy atom. The van der Waals surface area contributed by atoms with Gasteiger partial charge < -0.3 is 16.0 Å². The number of benzene rings is 1. The monoisotopic (exact) mass is 276 g/mol. The van der Waals surface area contributed by atoms with Crippen molar-refractivity contribution in [3.8, 4) is 0 Å². The summed E-state index contributed by atoms with van der Waals surface area (Å²) in [6.07, 6.45) is 0.834. The van der Waals surface area contributed by atoms with Gasteiger partial charge in [0.2, 0.25) is 5.91 Å². The molecular formula is C14H20N4O2. The molecule has 2 atom stereocenters. The Labute approximate surface area is 118 Å². The maximum Gasteiger partial charge on any atom is 0.316 e. The second-order valence-electron chi connectivity index (χ2n) is 5.10. The Hall–Kier alpha value is -2.08. The van der Waals surface area contributed by atoms with E-state index in [0.29, 0.717) is 5.69 Å². The van der Waals surface area contributed by atoms with Gasteiger partial charge in [0, 0.05) is 25.3 Å². The first-order valence-electron chi connectivity index (χ1n) is 6.65. The molecule has 0 saturated carbocycles. The summed E-state index contributed by atoms with van der Waals surface area (Å²) in [7, 11) is 1.82. The number of nitrogens with two attached hydrogens (primary N) is 1.